The number of benzene rings is 1. The normalized spacial score (nSPS) is 22.0. The van der Waals surface area contributed by atoms with Crippen LogP contribution in [0.5, 0.6) is 0 Å². The molecular formula is C21H18F2N4O3. The Hall–Kier alpha value is -3.23. The van der Waals surface area contributed by atoms with Crippen LogP contribution >= 0.6 is 0 Å². The van der Waals surface area contributed by atoms with E-state index in [0.717, 1.165) is 31.2 Å². The van der Waals surface area contributed by atoms with Crippen molar-refractivity contribution < 1.29 is 22.7 Å². The minimum Gasteiger partial charge on any atom is -0.459 e. The molecule has 0 amide bonds. The van der Waals surface area contributed by atoms with Gasteiger partial charge in [-0.05, 0) is 62.3 Å². The smallest absolute Gasteiger partial charge is 0.396 e. The van der Waals surface area contributed by atoms with Crippen molar-refractivity contribution >= 4 is 5.97 Å². The molecule has 0 saturated heterocycles. The van der Waals surface area contributed by atoms with Gasteiger partial charge in [0.2, 0.25) is 5.89 Å². The molecule has 1 saturated carbocycles. The van der Waals surface area contributed by atoms with Crippen molar-refractivity contribution in [1.82, 2.24) is 20.4 Å². The molecule has 3 aliphatic rings. The van der Waals surface area contributed by atoms with E-state index in [4.69, 9.17) is 9.15 Å². The van der Waals surface area contributed by atoms with Crippen molar-refractivity contribution in [3.63, 3.8) is 0 Å². The molecular weight excluding hydrogens is 394 g/mol. The van der Waals surface area contributed by atoms with Gasteiger partial charge in [0.1, 0.15) is 11.6 Å². The lowest BCUT2D eigenvalue weighted by Crippen LogP contribution is -2.40. The second-order valence-electron chi connectivity index (χ2n) is 7.62. The van der Waals surface area contributed by atoms with E-state index in [-0.39, 0.29) is 29.7 Å². The van der Waals surface area contributed by atoms with Crippen LogP contribution in [0.15, 0.2) is 28.7 Å². The summed E-state index contributed by atoms with van der Waals surface area (Å²) >= 11 is 0. The summed E-state index contributed by atoms with van der Waals surface area (Å²) in [6, 6.07) is 5.42. The zero-order valence-electron chi connectivity index (χ0n) is 16.2. The third-order valence-electron chi connectivity index (χ3n) is 6.06. The maximum Gasteiger partial charge on any atom is 0.396 e. The molecule has 0 N–H and O–H groups in total. The number of ether oxygens (including phenoxy) is 1. The van der Waals surface area contributed by atoms with E-state index in [9.17, 15) is 13.6 Å². The third kappa shape index (κ3) is 2.72. The van der Waals surface area contributed by atoms with E-state index in [1.54, 1.807) is 13.0 Å². The number of rotatable bonds is 4. The molecule has 0 unspecified atom stereocenters. The molecule has 1 fully saturated rings. The molecule has 0 atom stereocenters. The number of hydrogen-bond donors (Lipinski definition) is 0. The average molecular weight is 412 g/mol. The Morgan fingerprint density at radius 2 is 1.90 bits per heavy atom. The van der Waals surface area contributed by atoms with Gasteiger partial charge >= 0.3 is 11.9 Å². The highest BCUT2D eigenvalue weighted by Gasteiger charge is 2.51. The van der Waals surface area contributed by atoms with Crippen molar-refractivity contribution in [3.8, 4) is 11.3 Å². The minimum absolute atomic E-state index is 0.157. The van der Waals surface area contributed by atoms with Gasteiger partial charge in [0.05, 0.1) is 29.0 Å². The van der Waals surface area contributed by atoms with Gasteiger partial charge in [0, 0.05) is 0 Å². The number of fused-ring (bicyclic) bond motifs is 2. The average Bonchev–Trinajstić information content (AvgIpc) is 3.26. The summed E-state index contributed by atoms with van der Waals surface area (Å²) < 4.78 is 39.1. The summed E-state index contributed by atoms with van der Waals surface area (Å²) in [6.07, 6.45) is 3.12. The van der Waals surface area contributed by atoms with Gasteiger partial charge in [0.15, 0.2) is 0 Å². The first-order chi connectivity index (χ1) is 14.5. The quantitative estimate of drug-likeness (QED) is 0.600. The summed E-state index contributed by atoms with van der Waals surface area (Å²) in [6.45, 7) is 1.89. The Balaban J connectivity index is 1.60. The van der Waals surface area contributed by atoms with Crippen LogP contribution in [0.1, 0.15) is 66.4 Å². The summed E-state index contributed by atoms with van der Waals surface area (Å²) in [5.74, 6) is -1.73. The van der Waals surface area contributed by atoms with E-state index >= 15 is 0 Å². The molecule has 0 radical (unpaired) electrons. The standard InChI is InChI=1S/C21H18F2N4O3/c1-2-29-19(28)18-26-27-20(30-18)21-8-6-11(7-9-21)12-10-15(24-25-17(12)21)16-13(22)4-3-5-14(16)23/h3-5,10-11H,2,6-9H2,1H3. The first-order valence-corrected chi connectivity index (χ1v) is 9.87. The van der Waals surface area contributed by atoms with Crippen LogP contribution in [0, 0.1) is 11.6 Å². The molecule has 2 bridgehead atoms. The molecule has 7 nitrogen and oxygen atoms in total. The zero-order chi connectivity index (χ0) is 20.9. The fourth-order valence-electron chi connectivity index (χ4n) is 4.62. The Morgan fingerprint density at radius 3 is 2.60 bits per heavy atom. The third-order valence-corrected chi connectivity index (χ3v) is 6.06. The van der Waals surface area contributed by atoms with E-state index < -0.39 is 23.0 Å². The molecule has 0 spiro atoms. The molecule has 3 aliphatic carbocycles. The number of carbonyl (C=O) groups excluding carboxylic acids is 1. The number of esters is 1. The zero-order valence-corrected chi connectivity index (χ0v) is 16.2. The van der Waals surface area contributed by atoms with Gasteiger partial charge < -0.3 is 9.15 Å². The summed E-state index contributed by atoms with van der Waals surface area (Å²) in [7, 11) is 0. The second-order valence-corrected chi connectivity index (χ2v) is 7.62. The van der Waals surface area contributed by atoms with Crippen LogP contribution in [0.25, 0.3) is 11.3 Å². The van der Waals surface area contributed by atoms with E-state index in [1.807, 2.05) is 0 Å². The van der Waals surface area contributed by atoms with Gasteiger partial charge in [-0.25, -0.2) is 13.6 Å². The van der Waals surface area contributed by atoms with Gasteiger partial charge in [-0.3, -0.25) is 0 Å². The van der Waals surface area contributed by atoms with Crippen LogP contribution in [0.2, 0.25) is 0 Å². The van der Waals surface area contributed by atoms with Gasteiger partial charge in [0.25, 0.3) is 0 Å². The molecule has 0 aliphatic heterocycles. The maximum atomic E-state index is 14.3. The number of nitrogens with zero attached hydrogens (tertiary/aromatic N) is 4. The fraction of sp³-hybridized carbons (Fsp3) is 0.381. The highest BCUT2D eigenvalue weighted by atomic mass is 19.1. The Labute approximate surface area is 170 Å². The van der Waals surface area contributed by atoms with Gasteiger partial charge in [-0.15, -0.1) is 15.3 Å². The van der Waals surface area contributed by atoms with Crippen molar-refractivity contribution in [2.75, 3.05) is 6.61 Å². The second kappa shape index (κ2) is 6.93. The molecule has 154 valence electrons. The number of aromatic nitrogens is 4. The number of halogens is 2. The Bertz CT molecular complexity index is 1120. The molecule has 1 aromatic carbocycles. The van der Waals surface area contributed by atoms with Crippen LogP contribution < -0.4 is 0 Å². The van der Waals surface area contributed by atoms with Crippen molar-refractivity contribution in [2.24, 2.45) is 0 Å². The predicted octanol–water partition coefficient (Wildman–Crippen LogP) is 3.94. The monoisotopic (exact) mass is 412 g/mol. The minimum atomic E-state index is -0.684. The highest BCUT2D eigenvalue weighted by molar-refractivity contribution is 5.83. The largest absolute Gasteiger partial charge is 0.459 e. The lowest BCUT2D eigenvalue weighted by molar-refractivity contribution is 0.0475. The Morgan fingerprint density at radius 1 is 1.17 bits per heavy atom. The lowest BCUT2D eigenvalue weighted by Gasteiger charge is -2.44. The van der Waals surface area contributed by atoms with Crippen LogP contribution in [0.4, 0.5) is 8.78 Å². The molecule has 6 rings (SSSR count). The maximum absolute atomic E-state index is 14.3. The summed E-state index contributed by atoms with van der Waals surface area (Å²) in [5.41, 5.74) is 0.859. The topological polar surface area (TPSA) is 91.0 Å². The SMILES string of the molecule is CCOC(=O)c1nnc(C23CCC(CC2)c2cc(-c4c(F)cccc4F)nnc23)o1. The number of hydrogen-bond acceptors (Lipinski definition) is 7. The van der Waals surface area contributed by atoms with Crippen molar-refractivity contribution in [3.05, 3.63) is 58.9 Å². The number of carbonyl (C=O) groups is 1. The van der Waals surface area contributed by atoms with Crippen LogP contribution in [0.3, 0.4) is 0 Å². The molecule has 2 heterocycles. The molecule has 2 aromatic heterocycles. The van der Waals surface area contributed by atoms with Crippen LogP contribution in [-0.4, -0.2) is 33.0 Å². The van der Waals surface area contributed by atoms with E-state index in [1.165, 1.54) is 18.2 Å². The fourth-order valence-corrected chi connectivity index (χ4v) is 4.62. The predicted molar refractivity (Wildman–Crippen MR) is 99.6 cm³/mol. The van der Waals surface area contributed by atoms with Crippen molar-refractivity contribution in [2.45, 2.75) is 43.9 Å². The Kier molecular flexibility index (Phi) is 4.34. The van der Waals surface area contributed by atoms with E-state index in [2.05, 4.69) is 20.4 Å². The van der Waals surface area contributed by atoms with Gasteiger partial charge in [-0.2, -0.15) is 5.10 Å². The van der Waals surface area contributed by atoms with E-state index in [0.29, 0.717) is 11.6 Å². The molecule has 9 heteroatoms. The summed E-state index contributed by atoms with van der Waals surface area (Å²) in [4.78, 5) is 11.9. The summed E-state index contributed by atoms with van der Waals surface area (Å²) in [5, 5.41) is 16.5. The first kappa shape index (κ1) is 18.8. The van der Waals surface area contributed by atoms with Crippen LogP contribution in [-0.2, 0) is 10.2 Å². The van der Waals surface area contributed by atoms with Crippen molar-refractivity contribution in [1.29, 1.82) is 0 Å². The molecule has 30 heavy (non-hydrogen) atoms. The van der Waals surface area contributed by atoms with Gasteiger partial charge in [-0.1, -0.05) is 6.07 Å². The highest BCUT2D eigenvalue weighted by Crippen LogP contribution is 2.55. The lowest BCUT2D eigenvalue weighted by atomic mass is 9.59. The molecule has 3 aromatic rings. The first-order valence-electron chi connectivity index (χ1n) is 9.87.